The highest BCUT2D eigenvalue weighted by atomic mass is 32.2. The van der Waals surface area contributed by atoms with Crippen molar-refractivity contribution in [3.05, 3.63) is 28.2 Å². The Morgan fingerprint density at radius 2 is 2.03 bits per heavy atom. The fourth-order valence-electron chi connectivity index (χ4n) is 4.43. The second kappa shape index (κ2) is 7.68. The van der Waals surface area contributed by atoms with Crippen LogP contribution >= 0.6 is 0 Å². The topological polar surface area (TPSA) is 97.2 Å². The highest BCUT2D eigenvalue weighted by Crippen LogP contribution is 2.36. The number of fused-ring (bicyclic) bond motifs is 1. The van der Waals surface area contributed by atoms with Crippen LogP contribution in [0.4, 0.5) is 5.95 Å². The Hall–Kier alpha value is -2.00. The Labute approximate surface area is 179 Å². The zero-order valence-corrected chi connectivity index (χ0v) is 17.1. The first kappa shape index (κ1) is 14.1. The van der Waals surface area contributed by atoms with Crippen LogP contribution in [0.1, 0.15) is 58.9 Å². The average molecular weight is 426 g/mol. The summed E-state index contributed by atoms with van der Waals surface area (Å²) in [5.74, 6) is 0.439. The van der Waals surface area contributed by atoms with Gasteiger partial charge in [0.05, 0.1) is 6.18 Å². The molecule has 29 heavy (non-hydrogen) atoms. The maximum Gasteiger partial charge on any atom is 0.255 e. The Kier molecular flexibility index (Phi) is 3.73. The van der Waals surface area contributed by atoms with E-state index < -0.39 is 28.6 Å². The Balaban J connectivity index is 1.63. The molecule has 0 amide bonds. The molecule has 0 unspecified atom stereocenters. The van der Waals surface area contributed by atoms with Gasteiger partial charge in [0.2, 0.25) is 16.0 Å². The molecule has 2 aliphatic rings. The van der Waals surface area contributed by atoms with Crippen molar-refractivity contribution in [1.29, 1.82) is 0 Å². The number of rotatable bonds is 4. The molecule has 3 heterocycles. The SMILES string of the molecule is [2H]C([2H])([2H])c1cc2cnc(NC3CCN(S(=O)(=O)C([2H])([2H])[2H])CC3)nc2n([C@@H]2CCC[C@@H]2C)c1=O. The van der Waals surface area contributed by atoms with Crippen molar-refractivity contribution in [2.45, 2.75) is 58.0 Å². The van der Waals surface area contributed by atoms with Crippen molar-refractivity contribution >= 4 is 27.0 Å². The number of sulfonamides is 1. The van der Waals surface area contributed by atoms with E-state index in [9.17, 15) is 13.2 Å². The van der Waals surface area contributed by atoms with E-state index in [1.54, 1.807) is 0 Å². The minimum absolute atomic E-state index is 0.0538. The molecule has 0 spiro atoms. The van der Waals surface area contributed by atoms with Gasteiger partial charge in [-0.2, -0.15) is 4.98 Å². The van der Waals surface area contributed by atoms with E-state index in [4.69, 9.17) is 8.22 Å². The van der Waals surface area contributed by atoms with Gasteiger partial charge in [-0.05, 0) is 44.5 Å². The van der Waals surface area contributed by atoms with Crippen molar-refractivity contribution in [3.63, 3.8) is 0 Å². The van der Waals surface area contributed by atoms with Crippen molar-refractivity contribution in [3.8, 4) is 0 Å². The Morgan fingerprint density at radius 3 is 2.69 bits per heavy atom. The average Bonchev–Trinajstić information content (AvgIpc) is 3.17. The first-order chi connectivity index (χ1) is 16.2. The monoisotopic (exact) mass is 425 g/mol. The summed E-state index contributed by atoms with van der Waals surface area (Å²) in [7, 11) is -4.38. The number of piperidine rings is 1. The van der Waals surface area contributed by atoms with Crippen molar-refractivity contribution < 1.29 is 16.6 Å². The highest BCUT2D eigenvalue weighted by molar-refractivity contribution is 7.88. The third-order valence-corrected chi connectivity index (χ3v) is 7.09. The van der Waals surface area contributed by atoms with Crippen LogP contribution in [0.3, 0.4) is 0 Å². The van der Waals surface area contributed by atoms with E-state index in [0.29, 0.717) is 23.9 Å². The van der Waals surface area contributed by atoms with Gasteiger partial charge in [-0.25, -0.2) is 17.7 Å². The number of pyridine rings is 1. The number of hydrogen-bond acceptors (Lipinski definition) is 6. The lowest BCUT2D eigenvalue weighted by Crippen LogP contribution is -2.42. The zero-order chi connectivity index (χ0) is 25.8. The van der Waals surface area contributed by atoms with Crippen LogP contribution in [-0.4, -0.2) is 52.6 Å². The molecular formula is C20H29N5O3S. The Bertz CT molecular complexity index is 1270. The van der Waals surface area contributed by atoms with Crippen molar-refractivity contribution in [2.75, 3.05) is 24.6 Å². The zero-order valence-electron chi connectivity index (χ0n) is 22.3. The molecule has 158 valence electrons. The number of aryl methyl sites for hydroxylation is 1. The van der Waals surface area contributed by atoms with Crippen LogP contribution in [-0.2, 0) is 10.0 Å². The van der Waals surface area contributed by atoms with Crippen LogP contribution in [0.25, 0.3) is 11.0 Å². The standard InChI is InChI=1S/C20H29N5O3S/c1-13-5-4-6-17(13)25-18-15(11-14(2)19(25)26)12-21-20(23-18)22-16-7-9-24(10-8-16)29(3,27)28/h11-13,16-17H,4-10H2,1-3H3,(H,21,22,23)/t13-,17+/m0/s1/i2D3,3D3. The minimum atomic E-state index is -4.38. The molecule has 0 radical (unpaired) electrons. The van der Waals surface area contributed by atoms with Crippen LogP contribution in [0.15, 0.2) is 17.1 Å². The fourth-order valence-corrected chi connectivity index (χ4v) is 5.12. The molecule has 9 heteroatoms. The second-order valence-corrected chi connectivity index (χ2v) is 9.47. The van der Waals surface area contributed by atoms with E-state index in [2.05, 4.69) is 15.3 Å². The molecule has 1 N–H and O–H groups in total. The molecule has 1 saturated carbocycles. The second-order valence-electron chi connectivity index (χ2n) is 8.00. The maximum absolute atomic E-state index is 13.3. The summed E-state index contributed by atoms with van der Waals surface area (Å²) in [6.07, 6.45) is 1.75. The summed E-state index contributed by atoms with van der Waals surface area (Å²) < 4.78 is 72.0. The molecule has 1 aliphatic carbocycles. The van der Waals surface area contributed by atoms with Crippen LogP contribution in [0.5, 0.6) is 0 Å². The van der Waals surface area contributed by atoms with Gasteiger partial charge in [0.1, 0.15) is 5.65 Å². The number of anilines is 1. The lowest BCUT2D eigenvalue weighted by molar-refractivity contribution is 0.331. The summed E-state index contributed by atoms with van der Waals surface area (Å²) in [6, 6.07) is 0.981. The quantitative estimate of drug-likeness (QED) is 0.807. The Morgan fingerprint density at radius 1 is 1.24 bits per heavy atom. The molecule has 8 nitrogen and oxygen atoms in total. The number of aromatic nitrogens is 3. The van der Waals surface area contributed by atoms with E-state index in [-0.39, 0.29) is 42.6 Å². The smallest absolute Gasteiger partial charge is 0.255 e. The molecule has 4 rings (SSSR count). The summed E-state index contributed by atoms with van der Waals surface area (Å²) in [5.41, 5.74) is -0.456. The largest absolute Gasteiger partial charge is 0.351 e. The van der Waals surface area contributed by atoms with Gasteiger partial charge < -0.3 is 5.32 Å². The molecule has 2 aromatic heterocycles. The van der Waals surface area contributed by atoms with Gasteiger partial charge in [0, 0.05) is 50.5 Å². The lowest BCUT2D eigenvalue weighted by Gasteiger charge is -2.30. The van der Waals surface area contributed by atoms with Crippen molar-refractivity contribution in [2.24, 2.45) is 5.92 Å². The molecule has 0 bridgehead atoms. The molecule has 2 aromatic rings. The first-order valence-corrected chi connectivity index (χ1v) is 11.3. The fraction of sp³-hybridized carbons (Fsp3) is 0.650. The number of hydrogen-bond donors (Lipinski definition) is 1. The van der Waals surface area contributed by atoms with Gasteiger partial charge >= 0.3 is 0 Å². The molecule has 0 aromatic carbocycles. The van der Waals surface area contributed by atoms with E-state index >= 15 is 0 Å². The minimum Gasteiger partial charge on any atom is -0.351 e. The first-order valence-electron chi connectivity index (χ1n) is 12.9. The van der Waals surface area contributed by atoms with Gasteiger partial charge in [-0.1, -0.05) is 13.3 Å². The van der Waals surface area contributed by atoms with Gasteiger partial charge in [-0.3, -0.25) is 9.36 Å². The molecule has 1 saturated heterocycles. The molecular weight excluding hydrogens is 390 g/mol. The summed E-state index contributed by atoms with van der Waals surface area (Å²) in [4.78, 5) is 22.2. The van der Waals surface area contributed by atoms with Crippen LogP contribution in [0.2, 0.25) is 0 Å². The van der Waals surface area contributed by atoms with Gasteiger partial charge in [0.25, 0.3) is 5.56 Å². The van der Waals surface area contributed by atoms with Crippen LogP contribution < -0.4 is 10.9 Å². The van der Waals surface area contributed by atoms with Gasteiger partial charge in [-0.15, -0.1) is 0 Å². The molecule has 2 atom stereocenters. The summed E-state index contributed by atoms with van der Waals surface area (Å²) >= 11 is 0. The van der Waals surface area contributed by atoms with E-state index in [0.717, 1.165) is 23.6 Å². The number of nitrogens with zero attached hydrogens (tertiary/aromatic N) is 4. The predicted octanol–water partition coefficient (Wildman–Crippen LogP) is 2.30. The third-order valence-electron chi connectivity index (χ3n) is 6.05. The van der Waals surface area contributed by atoms with E-state index in [1.807, 2.05) is 6.92 Å². The van der Waals surface area contributed by atoms with Crippen LogP contribution in [0, 0.1) is 12.8 Å². The highest BCUT2D eigenvalue weighted by Gasteiger charge is 2.29. The van der Waals surface area contributed by atoms with Crippen molar-refractivity contribution in [1.82, 2.24) is 18.8 Å². The third kappa shape index (κ3) is 4.02. The normalized spacial score (nSPS) is 28.2. The lowest BCUT2D eigenvalue weighted by atomic mass is 10.1. The molecule has 1 aliphatic heterocycles. The molecule has 2 fully saturated rings. The summed E-state index contributed by atoms with van der Waals surface area (Å²) in [6.45, 7) is -0.412. The van der Waals surface area contributed by atoms with Gasteiger partial charge in [0.15, 0.2) is 0 Å². The maximum atomic E-state index is 13.3. The predicted molar refractivity (Wildman–Crippen MR) is 114 cm³/mol. The number of nitrogens with one attached hydrogen (secondary N) is 1. The van der Waals surface area contributed by atoms with E-state index in [1.165, 1.54) is 16.8 Å². The summed E-state index contributed by atoms with van der Waals surface area (Å²) in [5, 5.41) is 3.62.